The molecule has 0 bridgehead atoms. The third-order valence-electron chi connectivity index (χ3n) is 0.789. The molecule has 0 spiro atoms. The number of anilines is 1. The van der Waals surface area contributed by atoms with Gasteiger partial charge in [0.2, 0.25) is 6.41 Å². The lowest BCUT2D eigenvalue weighted by molar-refractivity contribution is -0.105. The van der Waals surface area contributed by atoms with E-state index in [0.717, 1.165) is 0 Å². The lowest BCUT2D eigenvalue weighted by Crippen LogP contribution is -1.95. The van der Waals surface area contributed by atoms with E-state index in [2.05, 4.69) is 15.3 Å². The van der Waals surface area contributed by atoms with Crippen LogP contribution >= 0.6 is 0 Å². The SMILES string of the molecule is O=CNc1ccncn1. The number of nitrogens with one attached hydrogen (secondary N) is 1. The molecule has 46 valence electrons. The van der Waals surface area contributed by atoms with Crippen molar-refractivity contribution < 1.29 is 4.79 Å². The molecule has 1 amide bonds. The zero-order chi connectivity index (χ0) is 6.53. The summed E-state index contributed by atoms with van der Waals surface area (Å²) in [6.07, 6.45) is 3.49. The smallest absolute Gasteiger partial charge is 0.212 e. The van der Waals surface area contributed by atoms with Gasteiger partial charge in [0.05, 0.1) is 0 Å². The Labute approximate surface area is 51.9 Å². The minimum Gasteiger partial charge on any atom is -0.313 e. The third-order valence-corrected chi connectivity index (χ3v) is 0.789. The monoisotopic (exact) mass is 123 g/mol. The van der Waals surface area contributed by atoms with Gasteiger partial charge in [-0.05, 0) is 6.07 Å². The molecule has 0 aromatic carbocycles. The van der Waals surface area contributed by atoms with Crippen molar-refractivity contribution in [3.05, 3.63) is 18.6 Å². The van der Waals surface area contributed by atoms with Crippen molar-refractivity contribution in [3.8, 4) is 0 Å². The summed E-state index contributed by atoms with van der Waals surface area (Å²) in [5.41, 5.74) is 0. The summed E-state index contributed by atoms with van der Waals surface area (Å²) in [6, 6.07) is 1.61. The Kier molecular flexibility index (Phi) is 1.74. The highest BCUT2D eigenvalue weighted by Gasteiger charge is 1.84. The summed E-state index contributed by atoms with van der Waals surface area (Å²) in [4.78, 5) is 17.2. The molecule has 0 saturated carbocycles. The fourth-order valence-corrected chi connectivity index (χ4v) is 0.436. The Morgan fingerprint density at radius 3 is 3.11 bits per heavy atom. The maximum atomic E-state index is 9.80. The van der Waals surface area contributed by atoms with Crippen molar-refractivity contribution in [2.24, 2.45) is 0 Å². The van der Waals surface area contributed by atoms with Gasteiger partial charge in [-0.3, -0.25) is 4.79 Å². The van der Waals surface area contributed by atoms with Crippen molar-refractivity contribution >= 4 is 12.2 Å². The van der Waals surface area contributed by atoms with Gasteiger partial charge >= 0.3 is 0 Å². The molecule has 9 heavy (non-hydrogen) atoms. The fourth-order valence-electron chi connectivity index (χ4n) is 0.436. The highest BCUT2D eigenvalue weighted by molar-refractivity contribution is 5.68. The van der Waals surface area contributed by atoms with Gasteiger partial charge in [0, 0.05) is 6.20 Å². The molecule has 0 radical (unpaired) electrons. The lowest BCUT2D eigenvalue weighted by atomic mass is 10.6. The van der Waals surface area contributed by atoms with Gasteiger partial charge in [-0.2, -0.15) is 0 Å². The van der Waals surface area contributed by atoms with Crippen LogP contribution in [0.3, 0.4) is 0 Å². The number of nitrogens with zero attached hydrogens (tertiary/aromatic N) is 2. The summed E-state index contributed by atoms with van der Waals surface area (Å²) in [6.45, 7) is 0. The maximum Gasteiger partial charge on any atom is 0.212 e. The van der Waals surface area contributed by atoms with Crippen LogP contribution < -0.4 is 5.32 Å². The molecule has 0 fully saturated rings. The van der Waals surface area contributed by atoms with Crippen LogP contribution in [-0.2, 0) is 4.79 Å². The van der Waals surface area contributed by atoms with Gasteiger partial charge < -0.3 is 5.32 Å². The molecular weight excluding hydrogens is 118 g/mol. The molecule has 4 heteroatoms. The molecule has 1 N–H and O–H groups in total. The molecular formula is C5H5N3O. The van der Waals surface area contributed by atoms with Gasteiger partial charge in [0.15, 0.2) is 0 Å². The Bertz CT molecular complexity index is 187. The first kappa shape index (κ1) is 5.68. The van der Waals surface area contributed by atoms with E-state index in [9.17, 15) is 4.79 Å². The second-order valence-electron chi connectivity index (χ2n) is 1.36. The Balaban J connectivity index is 2.72. The second-order valence-corrected chi connectivity index (χ2v) is 1.36. The van der Waals surface area contributed by atoms with E-state index in [1.165, 1.54) is 6.33 Å². The van der Waals surface area contributed by atoms with Crippen LogP contribution in [0.15, 0.2) is 18.6 Å². The van der Waals surface area contributed by atoms with Crippen LogP contribution in [0, 0.1) is 0 Å². The number of carbonyl (C=O) groups excluding carboxylic acids is 1. The summed E-state index contributed by atoms with van der Waals surface area (Å²) in [5.74, 6) is 0.514. The first-order valence-corrected chi connectivity index (χ1v) is 2.39. The van der Waals surface area contributed by atoms with Crippen LogP contribution in [0.2, 0.25) is 0 Å². The minimum absolute atomic E-state index is 0.514. The van der Waals surface area contributed by atoms with Crippen molar-refractivity contribution in [1.29, 1.82) is 0 Å². The normalized spacial score (nSPS) is 8.44. The minimum atomic E-state index is 0.514. The standard InChI is InChI=1S/C5H5N3O/c9-4-8-5-1-2-6-3-7-5/h1-4H,(H,6,7,8,9). The number of hydrogen-bond donors (Lipinski definition) is 1. The number of aromatic nitrogens is 2. The number of carbonyl (C=O) groups is 1. The van der Waals surface area contributed by atoms with Crippen LogP contribution in [0.1, 0.15) is 0 Å². The fraction of sp³-hybridized carbons (Fsp3) is 0. The molecule has 1 aromatic rings. The molecule has 0 aliphatic heterocycles. The van der Waals surface area contributed by atoms with Crippen LogP contribution in [0.25, 0.3) is 0 Å². The highest BCUT2D eigenvalue weighted by Crippen LogP contribution is 1.93. The zero-order valence-electron chi connectivity index (χ0n) is 4.61. The molecule has 4 nitrogen and oxygen atoms in total. The van der Waals surface area contributed by atoms with Crippen molar-refractivity contribution in [3.63, 3.8) is 0 Å². The summed E-state index contributed by atoms with van der Waals surface area (Å²) < 4.78 is 0. The van der Waals surface area contributed by atoms with Crippen molar-refractivity contribution in [1.82, 2.24) is 9.97 Å². The van der Waals surface area contributed by atoms with Gasteiger partial charge in [0.1, 0.15) is 12.1 Å². The van der Waals surface area contributed by atoms with Gasteiger partial charge in [0.25, 0.3) is 0 Å². The van der Waals surface area contributed by atoms with E-state index in [1.807, 2.05) is 0 Å². The predicted molar refractivity (Wildman–Crippen MR) is 31.7 cm³/mol. The molecule has 0 aliphatic carbocycles. The summed E-state index contributed by atoms with van der Waals surface area (Å²) in [7, 11) is 0. The molecule has 0 aliphatic rings. The van der Waals surface area contributed by atoms with E-state index >= 15 is 0 Å². The third kappa shape index (κ3) is 1.49. The van der Waals surface area contributed by atoms with Crippen LogP contribution in [0.4, 0.5) is 5.82 Å². The maximum absolute atomic E-state index is 9.80. The topological polar surface area (TPSA) is 54.9 Å². The van der Waals surface area contributed by atoms with Crippen molar-refractivity contribution in [2.45, 2.75) is 0 Å². The van der Waals surface area contributed by atoms with Crippen molar-refractivity contribution in [2.75, 3.05) is 5.32 Å². The summed E-state index contributed by atoms with van der Waals surface area (Å²) in [5, 5.41) is 2.38. The van der Waals surface area contributed by atoms with E-state index in [1.54, 1.807) is 12.3 Å². The zero-order valence-corrected chi connectivity index (χ0v) is 4.61. The van der Waals surface area contributed by atoms with Gasteiger partial charge in [-0.15, -0.1) is 0 Å². The van der Waals surface area contributed by atoms with Gasteiger partial charge in [-0.25, -0.2) is 9.97 Å². The average Bonchev–Trinajstić information content (AvgIpc) is 1.91. The summed E-state index contributed by atoms with van der Waals surface area (Å²) >= 11 is 0. The number of hydrogen-bond acceptors (Lipinski definition) is 3. The molecule has 0 atom stereocenters. The van der Waals surface area contributed by atoms with E-state index in [0.29, 0.717) is 12.2 Å². The molecule has 0 unspecified atom stereocenters. The molecule has 0 saturated heterocycles. The Morgan fingerprint density at radius 1 is 1.67 bits per heavy atom. The van der Waals surface area contributed by atoms with E-state index in [-0.39, 0.29) is 0 Å². The molecule has 1 aromatic heterocycles. The lowest BCUT2D eigenvalue weighted by Gasteiger charge is -1.91. The quantitative estimate of drug-likeness (QED) is 0.565. The molecule has 1 rings (SSSR count). The van der Waals surface area contributed by atoms with Crippen LogP contribution in [-0.4, -0.2) is 16.4 Å². The van der Waals surface area contributed by atoms with Crippen LogP contribution in [0.5, 0.6) is 0 Å². The Morgan fingerprint density at radius 2 is 2.56 bits per heavy atom. The number of amides is 1. The Hall–Kier alpha value is -1.45. The first-order chi connectivity index (χ1) is 4.43. The van der Waals surface area contributed by atoms with E-state index < -0.39 is 0 Å². The highest BCUT2D eigenvalue weighted by atomic mass is 16.1. The predicted octanol–water partition coefficient (Wildman–Crippen LogP) is 0.0449. The first-order valence-electron chi connectivity index (χ1n) is 2.39. The second kappa shape index (κ2) is 2.76. The number of rotatable bonds is 2. The van der Waals surface area contributed by atoms with E-state index in [4.69, 9.17) is 0 Å². The molecule has 1 heterocycles. The average molecular weight is 123 g/mol. The largest absolute Gasteiger partial charge is 0.313 e. The van der Waals surface area contributed by atoms with Gasteiger partial charge in [-0.1, -0.05) is 0 Å².